The maximum Gasteiger partial charge on any atom is 0.338 e. The van der Waals surface area contributed by atoms with Crippen LogP contribution in [0.25, 0.3) is 21.8 Å². The van der Waals surface area contributed by atoms with E-state index in [0.717, 1.165) is 55.7 Å². The van der Waals surface area contributed by atoms with E-state index in [4.69, 9.17) is 24.2 Å². The largest absolute Gasteiger partial charge is 0.478 e. The van der Waals surface area contributed by atoms with Crippen molar-refractivity contribution in [3.63, 3.8) is 0 Å². The highest BCUT2D eigenvalue weighted by molar-refractivity contribution is 5.93. The molecular weight excluding hydrogens is 781 g/mol. The summed E-state index contributed by atoms with van der Waals surface area (Å²) in [5, 5.41) is 11.9. The van der Waals surface area contributed by atoms with Crippen LogP contribution in [-0.2, 0) is 40.3 Å². The molecule has 0 bridgehead atoms. The van der Waals surface area contributed by atoms with E-state index in [1.807, 2.05) is 118 Å². The molecule has 12 heteroatoms. The Morgan fingerprint density at radius 3 is 1.56 bits per heavy atom. The van der Waals surface area contributed by atoms with Gasteiger partial charge in [0.1, 0.15) is 0 Å². The van der Waals surface area contributed by atoms with Crippen LogP contribution in [-0.4, -0.2) is 53.6 Å². The van der Waals surface area contributed by atoms with Crippen molar-refractivity contribution in [3.8, 4) is 0 Å². The summed E-state index contributed by atoms with van der Waals surface area (Å²) in [5.41, 5.74) is 9.13. The van der Waals surface area contributed by atoms with Gasteiger partial charge >= 0.3 is 11.9 Å². The molecule has 62 heavy (non-hydrogen) atoms. The quantitative estimate of drug-likeness (QED) is 0.0798. The lowest BCUT2D eigenvalue weighted by Crippen LogP contribution is -2.18. The van der Waals surface area contributed by atoms with Crippen LogP contribution < -0.4 is 0 Å². The van der Waals surface area contributed by atoms with Gasteiger partial charge in [-0.1, -0.05) is 98.8 Å². The first kappa shape index (κ1) is 43.1. The predicted octanol–water partition coefficient (Wildman–Crippen LogP) is 10.0. The third-order valence-electron chi connectivity index (χ3n) is 10.4. The van der Waals surface area contributed by atoms with Crippen LogP contribution in [0.1, 0.15) is 91.8 Å². The van der Waals surface area contributed by atoms with E-state index in [9.17, 15) is 14.7 Å². The zero-order chi connectivity index (χ0) is 43.4. The maximum absolute atomic E-state index is 13.0. The number of ether oxygens (including phenoxy) is 3. The van der Waals surface area contributed by atoms with Gasteiger partial charge in [0.15, 0.2) is 0 Å². The highest BCUT2D eigenvalue weighted by Gasteiger charge is 2.25. The van der Waals surface area contributed by atoms with Gasteiger partial charge in [0.25, 0.3) is 0 Å². The minimum absolute atomic E-state index is 0.260. The number of aromatic carboxylic acids is 1. The molecule has 4 aromatic carbocycles. The second-order valence-corrected chi connectivity index (χ2v) is 15.5. The van der Waals surface area contributed by atoms with Crippen molar-refractivity contribution in [3.05, 3.63) is 190 Å². The number of carboxylic acid groups (broad SMARTS) is 1. The molecule has 0 saturated carbocycles. The highest BCUT2D eigenvalue weighted by atomic mass is 16.5. The number of para-hydroxylation sites is 2. The summed E-state index contributed by atoms with van der Waals surface area (Å²) in [7, 11) is 0. The number of aromatic nitrogens is 6. The fourth-order valence-corrected chi connectivity index (χ4v) is 7.25. The Hall–Kier alpha value is -7.02. The van der Waals surface area contributed by atoms with Crippen LogP contribution >= 0.6 is 0 Å². The molecule has 316 valence electrons. The van der Waals surface area contributed by atoms with Crippen molar-refractivity contribution in [2.24, 2.45) is 5.92 Å². The number of benzene rings is 4. The minimum atomic E-state index is -0.959. The molecule has 2 unspecified atom stereocenters. The normalized spacial score (nSPS) is 12.2. The Labute approximate surface area is 360 Å². The number of H-pyrrole nitrogens is 2. The van der Waals surface area contributed by atoms with E-state index >= 15 is 0 Å². The van der Waals surface area contributed by atoms with Gasteiger partial charge in [-0.2, -0.15) is 0 Å². The van der Waals surface area contributed by atoms with Crippen LogP contribution in [0, 0.1) is 19.8 Å². The number of carboxylic acids is 1. The summed E-state index contributed by atoms with van der Waals surface area (Å²) < 4.78 is 18.1. The van der Waals surface area contributed by atoms with Crippen molar-refractivity contribution >= 4 is 33.7 Å². The van der Waals surface area contributed by atoms with Crippen molar-refractivity contribution in [2.75, 3.05) is 6.61 Å². The number of carbonyl (C=O) groups excluding carboxylic acids is 1. The Balaban J connectivity index is 0.000000188. The molecule has 0 aliphatic rings. The van der Waals surface area contributed by atoms with Gasteiger partial charge in [-0.3, -0.25) is 9.97 Å². The third-order valence-corrected chi connectivity index (χ3v) is 10.4. The van der Waals surface area contributed by atoms with Crippen LogP contribution in [0.15, 0.2) is 134 Å². The molecule has 8 aromatic rings. The highest BCUT2D eigenvalue weighted by Crippen LogP contribution is 2.31. The Kier molecular flexibility index (Phi) is 14.2. The monoisotopic (exact) mass is 830 g/mol. The molecule has 4 heterocycles. The first-order valence-corrected chi connectivity index (χ1v) is 20.6. The van der Waals surface area contributed by atoms with Crippen LogP contribution in [0.2, 0.25) is 0 Å². The number of hydrogen-bond acceptors (Lipinski definition) is 9. The number of nitrogens with zero attached hydrogens (tertiary/aromatic N) is 4. The van der Waals surface area contributed by atoms with Gasteiger partial charge in [-0.15, -0.1) is 0 Å². The number of fused-ring (bicyclic) bond motifs is 2. The SMILES string of the molecule is Cc1cccc(C(Cc2ccc3ccccc3n2)OCc2cnc[nH]2)c1C(=O)O.Cc1cccc(C(Cc2ccc3ccccc3n2)OCc2cnc[nH]2)c1C(=O)OCC(C)C. The van der Waals surface area contributed by atoms with E-state index in [-0.39, 0.29) is 23.6 Å². The van der Waals surface area contributed by atoms with Crippen molar-refractivity contribution in [1.82, 2.24) is 29.9 Å². The summed E-state index contributed by atoms with van der Waals surface area (Å²) in [5.74, 6) is -1.02. The predicted molar refractivity (Wildman–Crippen MR) is 238 cm³/mol. The molecule has 12 nitrogen and oxygen atoms in total. The molecule has 0 fully saturated rings. The molecular formula is C50H50N6O6. The van der Waals surface area contributed by atoms with Crippen LogP contribution in [0.3, 0.4) is 0 Å². The number of aryl methyl sites for hydroxylation is 2. The van der Waals surface area contributed by atoms with Gasteiger partial charge in [0.05, 0.1) is 90.6 Å². The van der Waals surface area contributed by atoms with Crippen LogP contribution in [0.5, 0.6) is 0 Å². The van der Waals surface area contributed by atoms with E-state index in [1.165, 1.54) is 0 Å². The smallest absolute Gasteiger partial charge is 0.338 e. The average Bonchev–Trinajstić information content (AvgIpc) is 4.01. The van der Waals surface area contributed by atoms with Crippen molar-refractivity contribution in [2.45, 2.75) is 66.0 Å². The van der Waals surface area contributed by atoms with E-state index in [0.29, 0.717) is 49.4 Å². The second-order valence-electron chi connectivity index (χ2n) is 15.5. The summed E-state index contributed by atoms with van der Waals surface area (Å²) in [4.78, 5) is 48.7. The molecule has 0 aliphatic heterocycles. The van der Waals surface area contributed by atoms with Gasteiger partial charge in [0, 0.05) is 35.0 Å². The van der Waals surface area contributed by atoms with E-state index in [2.05, 4.69) is 26.0 Å². The number of esters is 1. The lowest BCUT2D eigenvalue weighted by Gasteiger charge is -2.22. The third kappa shape index (κ3) is 11.0. The first-order valence-electron chi connectivity index (χ1n) is 20.6. The fraction of sp³-hybridized carbons (Fsp3) is 0.240. The molecule has 0 amide bonds. The number of imidazole rings is 2. The molecule has 2 atom stereocenters. The first-order chi connectivity index (χ1) is 30.1. The lowest BCUT2D eigenvalue weighted by molar-refractivity contribution is 0.0326. The average molecular weight is 831 g/mol. The Morgan fingerprint density at radius 1 is 0.613 bits per heavy atom. The van der Waals surface area contributed by atoms with Gasteiger partial charge in [-0.05, 0) is 66.3 Å². The summed E-state index contributed by atoms with van der Waals surface area (Å²) in [6.07, 6.45) is 6.78. The van der Waals surface area contributed by atoms with E-state index in [1.54, 1.807) is 38.0 Å². The molecule has 3 N–H and O–H groups in total. The number of pyridine rings is 2. The Bertz CT molecular complexity index is 2730. The van der Waals surface area contributed by atoms with Gasteiger partial charge in [0.2, 0.25) is 0 Å². The number of nitrogens with one attached hydrogen (secondary N) is 2. The van der Waals surface area contributed by atoms with Crippen molar-refractivity contribution in [1.29, 1.82) is 0 Å². The van der Waals surface area contributed by atoms with Gasteiger partial charge in [-0.25, -0.2) is 19.6 Å². The molecule has 0 radical (unpaired) electrons. The number of hydrogen-bond donors (Lipinski definition) is 3. The lowest BCUT2D eigenvalue weighted by atomic mass is 9.95. The molecule has 0 saturated heterocycles. The topological polar surface area (TPSA) is 165 Å². The zero-order valence-corrected chi connectivity index (χ0v) is 35.2. The molecule has 8 rings (SSSR count). The zero-order valence-electron chi connectivity index (χ0n) is 35.2. The minimum Gasteiger partial charge on any atom is -0.478 e. The number of carbonyl (C=O) groups is 2. The Morgan fingerprint density at radius 2 is 1.10 bits per heavy atom. The van der Waals surface area contributed by atoms with Crippen molar-refractivity contribution < 1.29 is 28.9 Å². The molecule has 0 aliphatic carbocycles. The fourth-order valence-electron chi connectivity index (χ4n) is 7.25. The van der Waals surface area contributed by atoms with Crippen LogP contribution in [0.4, 0.5) is 0 Å². The standard InChI is InChI=1S/C27H29N3O3.C23H21N3O3/c1-18(2)15-33-27(31)26-19(3)7-6-9-23(26)25(32-16-22-14-28-17-29-22)13-21-12-11-20-8-4-5-10-24(20)30-21;1-15-5-4-7-19(22(15)23(27)28)21(29-13-18-12-24-14-25-18)11-17-10-9-16-6-2-3-8-20(16)26-17/h4-12,14,17-18,25H,13,15-16H2,1-3H3,(H,28,29);2-10,12,14,21H,11,13H2,1H3,(H,24,25)(H,27,28). The van der Waals surface area contributed by atoms with Gasteiger partial charge < -0.3 is 29.3 Å². The number of rotatable bonds is 16. The summed E-state index contributed by atoms with van der Waals surface area (Å²) in [6, 6.07) is 35.3. The maximum atomic E-state index is 13.0. The summed E-state index contributed by atoms with van der Waals surface area (Å²) in [6.45, 7) is 8.78. The molecule has 4 aromatic heterocycles. The molecule has 0 spiro atoms. The summed E-state index contributed by atoms with van der Waals surface area (Å²) >= 11 is 0. The van der Waals surface area contributed by atoms with E-state index < -0.39 is 12.1 Å². The second kappa shape index (κ2) is 20.5. The number of aromatic amines is 2.